The molecule has 0 aliphatic rings. The number of hydrogen-bond donors (Lipinski definition) is 4. The molecule has 2 rings (SSSR count). The number of nitrogen functional groups attached to an aromatic ring is 4. The molecule has 8 nitrogen and oxygen atoms in total. The van der Waals surface area contributed by atoms with Crippen LogP contribution in [0.2, 0.25) is 0 Å². The summed E-state index contributed by atoms with van der Waals surface area (Å²) in [5.74, 6) is 0. The van der Waals surface area contributed by atoms with Crippen LogP contribution in [0.25, 0.3) is 11.1 Å². The first kappa shape index (κ1) is 24.6. The minimum Gasteiger partial charge on any atom is -0.397 e. The maximum Gasteiger partial charge on any atom is 0.0984 e. The third-order valence-electron chi connectivity index (χ3n) is 5.44. The fourth-order valence-electron chi connectivity index (χ4n) is 4.17. The molecule has 2 aromatic rings. The molecule has 0 atom stereocenters. The molecule has 0 saturated heterocycles. The number of nitrogens with two attached hydrogens (primary N) is 4. The maximum absolute atomic E-state index is 6.56. The van der Waals surface area contributed by atoms with Crippen molar-refractivity contribution in [1.82, 2.24) is 0 Å². The summed E-state index contributed by atoms with van der Waals surface area (Å²) in [5.41, 5.74) is 30.5. The van der Waals surface area contributed by atoms with Gasteiger partial charge in [0, 0.05) is 22.3 Å². The zero-order chi connectivity index (χ0) is 24.8. The molecule has 0 radical (unpaired) electrons. The molecular formula is C24H34N8. The van der Waals surface area contributed by atoms with Crippen LogP contribution >= 0.6 is 0 Å². The Morgan fingerprint density at radius 2 is 0.781 bits per heavy atom. The van der Waals surface area contributed by atoms with Crippen LogP contribution in [-0.4, -0.2) is 26.9 Å². The number of nitrogens with zero attached hydrogens (tertiary/aromatic N) is 4. The summed E-state index contributed by atoms with van der Waals surface area (Å²) in [6, 6.07) is 0. The minimum atomic E-state index is -0.393. The lowest BCUT2D eigenvalue weighted by molar-refractivity contribution is 0.593. The van der Waals surface area contributed by atoms with Crippen molar-refractivity contribution in [3.63, 3.8) is 0 Å². The number of benzene rings is 2. The van der Waals surface area contributed by atoms with Crippen LogP contribution < -0.4 is 22.9 Å². The molecule has 8 heteroatoms. The van der Waals surface area contributed by atoms with Gasteiger partial charge < -0.3 is 22.9 Å². The second-order valence-corrected chi connectivity index (χ2v) is 9.68. The van der Waals surface area contributed by atoms with E-state index >= 15 is 0 Å². The number of hydrogen-bond acceptors (Lipinski definition) is 8. The van der Waals surface area contributed by atoms with E-state index in [1.165, 1.54) is 0 Å². The third kappa shape index (κ3) is 3.62. The van der Waals surface area contributed by atoms with E-state index in [4.69, 9.17) is 22.9 Å². The lowest BCUT2D eigenvalue weighted by Crippen LogP contribution is -2.20. The summed E-state index contributed by atoms with van der Waals surface area (Å²) in [7, 11) is 0. The Hall–Kier alpha value is -3.68. The largest absolute Gasteiger partial charge is 0.397 e. The highest BCUT2D eigenvalue weighted by Crippen LogP contribution is 2.59. The second-order valence-electron chi connectivity index (χ2n) is 9.68. The van der Waals surface area contributed by atoms with Crippen molar-refractivity contribution in [1.29, 1.82) is 0 Å². The molecule has 0 heterocycles. The van der Waals surface area contributed by atoms with E-state index in [0.717, 1.165) is 5.56 Å². The zero-order valence-corrected chi connectivity index (χ0v) is 19.9. The molecule has 0 aromatic heterocycles. The summed E-state index contributed by atoms with van der Waals surface area (Å²) in [6.07, 6.45) is 0. The van der Waals surface area contributed by atoms with Gasteiger partial charge in [-0.2, -0.15) is 0 Å². The molecular weight excluding hydrogens is 400 g/mol. The maximum atomic E-state index is 6.56. The predicted octanol–water partition coefficient (Wildman–Crippen LogP) is 5.61. The number of rotatable bonds is 5. The Kier molecular flexibility index (Phi) is 6.23. The van der Waals surface area contributed by atoms with Crippen molar-refractivity contribution in [3.8, 4) is 11.1 Å². The third-order valence-corrected chi connectivity index (χ3v) is 5.44. The topological polar surface area (TPSA) is 154 Å². The molecule has 0 spiro atoms. The van der Waals surface area contributed by atoms with Gasteiger partial charge in [0.05, 0.1) is 45.5 Å². The summed E-state index contributed by atoms with van der Waals surface area (Å²) in [5, 5.41) is 0. The van der Waals surface area contributed by atoms with Gasteiger partial charge >= 0.3 is 0 Å². The van der Waals surface area contributed by atoms with Crippen LogP contribution in [-0.2, 0) is 10.8 Å². The van der Waals surface area contributed by atoms with E-state index in [9.17, 15) is 0 Å². The highest BCUT2D eigenvalue weighted by molar-refractivity contribution is 6.11. The van der Waals surface area contributed by atoms with Crippen LogP contribution in [0.4, 0.5) is 45.5 Å². The first-order valence-electron chi connectivity index (χ1n) is 10.1. The first-order chi connectivity index (χ1) is 14.7. The molecule has 2 aromatic carbocycles. The van der Waals surface area contributed by atoms with Crippen LogP contribution in [0.3, 0.4) is 0 Å². The Bertz CT molecular complexity index is 1070. The number of anilines is 4. The molecule has 0 aliphatic carbocycles. The molecule has 0 unspecified atom stereocenters. The molecule has 32 heavy (non-hydrogen) atoms. The van der Waals surface area contributed by atoms with Gasteiger partial charge in [0.15, 0.2) is 0 Å². The van der Waals surface area contributed by atoms with Gasteiger partial charge in [-0.3, -0.25) is 20.0 Å². The number of aliphatic imine (C=N–C) groups is 4. The molecule has 0 bridgehead atoms. The first-order valence-corrected chi connectivity index (χ1v) is 10.1. The standard InChI is InChI=1S/C24H34N8/c1-23(2,3)13-17(27)15(25)11(16(26)18(13)28)12-19(29-7)21(31-9)14(24(4,5)6)22(32-10)20(12)30-8/h7-10,25-28H2,1-6H3. The minimum absolute atomic E-state index is 0.255. The Labute approximate surface area is 190 Å². The molecule has 0 aliphatic heterocycles. The normalized spacial score (nSPS) is 11.8. The fourth-order valence-corrected chi connectivity index (χ4v) is 4.17. The average Bonchev–Trinajstić information content (AvgIpc) is 2.69. The van der Waals surface area contributed by atoms with Gasteiger partial charge in [0.2, 0.25) is 0 Å². The van der Waals surface area contributed by atoms with Gasteiger partial charge in [0.25, 0.3) is 0 Å². The van der Waals surface area contributed by atoms with Crippen LogP contribution in [0.5, 0.6) is 0 Å². The lowest BCUT2D eigenvalue weighted by atomic mass is 9.79. The van der Waals surface area contributed by atoms with E-state index in [2.05, 4.69) is 46.8 Å². The van der Waals surface area contributed by atoms with Crippen LogP contribution in [0.15, 0.2) is 20.0 Å². The van der Waals surface area contributed by atoms with E-state index in [1.807, 2.05) is 41.5 Å². The fraction of sp³-hybridized carbons (Fsp3) is 0.333. The Morgan fingerprint density at radius 3 is 1.03 bits per heavy atom. The van der Waals surface area contributed by atoms with Crippen molar-refractivity contribution < 1.29 is 0 Å². The van der Waals surface area contributed by atoms with E-state index in [0.29, 0.717) is 50.8 Å². The smallest absolute Gasteiger partial charge is 0.0984 e. The van der Waals surface area contributed by atoms with E-state index in [-0.39, 0.29) is 16.8 Å². The second kappa shape index (κ2) is 8.11. The zero-order valence-electron chi connectivity index (χ0n) is 19.9. The molecule has 170 valence electrons. The summed E-state index contributed by atoms with van der Waals surface area (Å²) in [6.45, 7) is 27.0. The quantitative estimate of drug-likeness (QED) is 0.357. The summed E-state index contributed by atoms with van der Waals surface area (Å²) >= 11 is 0. The van der Waals surface area contributed by atoms with Crippen LogP contribution in [0, 0.1) is 0 Å². The SMILES string of the molecule is C=Nc1c(N=C)c(C(C)(C)C)c(N=C)c(N=C)c1-c1c(N)c(N)c(C(C)(C)C)c(N)c1N. The Balaban J connectivity index is 3.30. The van der Waals surface area contributed by atoms with Gasteiger partial charge in [-0.05, 0) is 37.7 Å². The van der Waals surface area contributed by atoms with Gasteiger partial charge in [0.1, 0.15) is 0 Å². The van der Waals surface area contributed by atoms with E-state index in [1.54, 1.807) is 0 Å². The predicted molar refractivity (Wildman–Crippen MR) is 144 cm³/mol. The lowest BCUT2D eigenvalue weighted by Gasteiger charge is -2.30. The van der Waals surface area contributed by atoms with Gasteiger partial charge in [-0.1, -0.05) is 41.5 Å². The van der Waals surface area contributed by atoms with Gasteiger partial charge in [-0.15, -0.1) is 0 Å². The van der Waals surface area contributed by atoms with Gasteiger partial charge in [-0.25, -0.2) is 0 Å². The van der Waals surface area contributed by atoms with Crippen LogP contribution in [0.1, 0.15) is 52.7 Å². The summed E-state index contributed by atoms with van der Waals surface area (Å²) in [4.78, 5) is 17.0. The monoisotopic (exact) mass is 434 g/mol. The molecule has 0 saturated carbocycles. The molecule has 0 amide bonds. The van der Waals surface area contributed by atoms with E-state index < -0.39 is 5.41 Å². The Morgan fingerprint density at radius 1 is 0.469 bits per heavy atom. The summed E-state index contributed by atoms with van der Waals surface area (Å²) < 4.78 is 0. The van der Waals surface area contributed by atoms with Crippen molar-refractivity contribution in [2.45, 2.75) is 52.4 Å². The highest BCUT2D eigenvalue weighted by atomic mass is 14.9. The van der Waals surface area contributed by atoms with Crippen molar-refractivity contribution >= 4 is 72.4 Å². The van der Waals surface area contributed by atoms with Crippen molar-refractivity contribution in [3.05, 3.63) is 11.1 Å². The highest BCUT2D eigenvalue weighted by Gasteiger charge is 2.33. The van der Waals surface area contributed by atoms with Crippen molar-refractivity contribution in [2.24, 2.45) is 20.0 Å². The molecule has 0 fully saturated rings. The average molecular weight is 435 g/mol. The molecule has 8 N–H and O–H groups in total. The van der Waals surface area contributed by atoms with Crippen molar-refractivity contribution in [2.75, 3.05) is 22.9 Å².